The molecule has 0 aromatic carbocycles. The molecule has 0 spiro atoms. The van der Waals surface area contributed by atoms with Gasteiger partial charge < -0.3 is 15.5 Å². The third-order valence-electron chi connectivity index (χ3n) is 2.69. The fraction of sp³-hybridized carbons (Fsp3) is 0.600. The molecule has 1 amide bonds. The molecule has 5 nitrogen and oxygen atoms in total. The first-order chi connectivity index (χ1) is 7.25. The number of nitrogens with zero attached hydrogens (tertiary/aromatic N) is 1. The molecular weight excluding hydrogens is 194 g/mol. The Labute approximate surface area is 88.0 Å². The van der Waals surface area contributed by atoms with Crippen molar-refractivity contribution in [3.05, 3.63) is 12.0 Å². The zero-order valence-corrected chi connectivity index (χ0v) is 8.53. The van der Waals surface area contributed by atoms with E-state index in [1.54, 1.807) is 0 Å². The highest BCUT2D eigenvalue weighted by molar-refractivity contribution is 5.92. The maximum Gasteiger partial charge on any atom is 0.292 e. The van der Waals surface area contributed by atoms with Crippen LogP contribution in [0.3, 0.4) is 0 Å². The van der Waals surface area contributed by atoms with E-state index in [9.17, 15) is 4.79 Å². The third kappa shape index (κ3) is 2.49. The van der Waals surface area contributed by atoms with Crippen molar-refractivity contribution in [1.82, 2.24) is 10.3 Å². The minimum atomic E-state index is -0.192. The molecule has 0 atom stereocenters. The van der Waals surface area contributed by atoms with Crippen molar-refractivity contribution in [2.75, 3.05) is 5.73 Å². The van der Waals surface area contributed by atoms with E-state index in [4.69, 9.17) is 10.2 Å². The molecule has 1 heterocycles. The van der Waals surface area contributed by atoms with Gasteiger partial charge in [0.1, 0.15) is 6.26 Å². The van der Waals surface area contributed by atoms with Gasteiger partial charge in [0.05, 0.1) is 0 Å². The molecule has 15 heavy (non-hydrogen) atoms. The molecule has 1 aromatic heterocycles. The number of nitrogens with one attached hydrogen (secondary N) is 1. The molecule has 3 N–H and O–H groups in total. The normalized spacial score (nSPS) is 17.6. The highest BCUT2D eigenvalue weighted by Crippen LogP contribution is 2.17. The monoisotopic (exact) mass is 209 g/mol. The second-order valence-electron chi connectivity index (χ2n) is 3.88. The SMILES string of the molecule is Nc1nc(C(=O)NC2CCCCC2)co1. The van der Waals surface area contributed by atoms with Crippen molar-refractivity contribution in [1.29, 1.82) is 0 Å². The smallest absolute Gasteiger partial charge is 0.292 e. The second kappa shape index (κ2) is 4.33. The van der Waals surface area contributed by atoms with Crippen LogP contribution in [0.2, 0.25) is 0 Å². The fourth-order valence-electron chi connectivity index (χ4n) is 1.90. The van der Waals surface area contributed by atoms with E-state index < -0.39 is 0 Å². The Morgan fingerprint density at radius 2 is 2.20 bits per heavy atom. The van der Waals surface area contributed by atoms with Gasteiger partial charge in [-0.2, -0.15) is 4.98 Å². The van der Waals surface area contributed by atoms with Crippen LogP contribution in [-0.4, -0.2) is 16.9 Å². The predicted molar refractivity (Wildman–Crippen MR) is 55.3 cm³/mol. The number of hydrogen-bond acceptors (Lipinski definition) is 4. The van der Waals surface area contributed by atoms with Crippen LogP contribution in [0.4, 0.5) is 6.01 Å². The summed E-state index contributed by atoms with van der Waals surface area (Å²) >= 11 is 0. The quantitative estimate of drug-likeness (QED) is 0.769. The highest BCUT2D eigenvalue weighted by atomic mass is 16.4. The Bertz CT molecular complexity index is 342. The molecular formula is C10H15N3O2. The number of aromatic nitrogens is 1. The maximum atomic E-state index is 11.6. The summed E-state index contributed by atoms with van der Waals surface area (Å²) in [4.78, 5) is 15.4. The number of hydrogen-bond donors (Lipinski definition) is 2. The van der Waals surface area contributed by atoms with Crippen LogP contribution in [-0.2, 0) is 0 Å². The first-order valence-electron chi connectivity index (χ1n) is 5.27. The van der Waals surface area contributed by atoms with Crippen LogP contribution >= 0.6 is 0 Å². The molecule has 2 rings (SSSR count). The zero-order valence-electron chi connectivity index (χ0n) is 8.53. The van der Waals surface area contributed by atoms with Gasteiger partial charge in [-0.1, -0.05) is 19.3 Å². The first kappa shape index (κ1) is 10.0. The van der Waals surface area contributed by atoms with Crippen molar-refractivity contribution in [2.45, 2.75) is 38.1 Å². The topological polar surface area (TPSA) is 81.1 Å². The Morgan fingerprint density at radius 3 is 2.80 bits per heavy atom. The summed E-state index contributed by atoms with van der Waals surface area (Å²) in [5.74, 6) is -0.192. The summed E-state index contributed by atoms with van der Waals surface area (Å²) in [6.07, 6.45) is 7.03. The molecule has 82 valence electrons. The van der Waals surface area contributed by atoms with E-state index in [1.165, 1.54) is 25.5 Å². The number of carbonyl (C=O) groups excluding carboxylic acids is 1. The number of nitrogens with two attached hydrogens (primary N) is 1. The summed E-state index contributed by atoms with van der Waals surface area (Å²) in [5.41, 5.74) is 5.55. The van der Waals surface area contributed by atoms with Crippen molar-refractivity contribution >= 4 is 11.9 Å². The molecule has 0 aliphatic heterocycles. The lowest BCUT2D eigenvalue weighted by molar-refractivity contribution is 0.0922. The summed E-state index contributed by atoms with van der Waals surface area (Å²) in [6.45, 7) is 0. The number of nitrogen functional groups attached to an aromatic ring is 1. The van der Waals surface area contributed by atoms with Crippen molar-refractivity contribution < 1.29 is 9.21 Å². The fourth-order valence-corrected chi connectivity index (χ4v) is 1.90. The minimum Gasteiger partial charge on any atom is -0.431 e. The lowest BCUT2D eigenvalue weighted by atomic mass is 9.95. The molecule has 0 saturated heterocycles. The van der Waals surface area contributed by atoms with Crippen LogP contribution in [0.5, 0.6) is 0 Å². The van der Waals surface area contributed by atoms with E-state index in [0.717, 1.165) is 12.8 Å². The lowest BCUT2D eigenvalue weighted by Gasteiger charge is -2.22. The van der Waals surface area contributed by atoms with Crippen LogP contribution in [0.1, 0.15) is 42.6 Å². The van der Waals surface area contributed by atoms with Gasteiger partial charge in [0.2, 0.25) is 0 Å². The van der Waals surface area contributed by atoms with Gasteiger partial charge in [0.25, 0.3) is 11.9 Å². The van der Waals surface area contributed by atoms with Crippen LogP contribution in [0.15, 0.2) is 10.7 Å². The summed E-state index contributed by atoms with van der Waals surface area (Å²) in [6, 6.07) is 0.313. The van der Waals surface area contributed by atoms with E-state index >= 15 is 0 Å². The van der Waals surface area contributed by atoms with Crippen molar-refractivity contribution in [3.8, 4) is 0 Å². The highest BCUT2D eigenvalue weighted by Gasteiger charge is 2.18. The average molecular weight is 209 g/mol. The van der Waals surface area contributed by atoms with E-state index in [0.29, 0.717) is 0 Å². The van der Waals surface area contributed by atoms with Gasteiger partial charge in [-0.05, 0) is 12.8 Å². The van der Waals surface area contributed by atoms with Gasteiger partial charge in [0.15, 0.2) is 5.69 Å². The van der Waals surface area contributed by atoms with Gasteiger partial charge >= 0.3 is 0 Å². The van der Waals surface area contributed by atoms with Gasteiger partial charge in [0, 0.05) is 6.04 Å². The van der Waals surface area contributed by atoms with E-state index in [2.05, 4.69) is 10.3 Å². The summed E-state index contributed by atoms with van der Waals surface area (Å²) in [5, 5.41) is 2.93. The molecule has 0 radical (unpaired) electrons. The van der Waals surface area contributed by atoms with Gasteiger partial charge in [-0.25, -0.2) is 0 Å². The number of oxazole rings is 1. The second-order valence-corrected chi connectivity index (χ2v) is 3.88. The standard InChI is InChI=1S/C10H15N3O2/c11-10-13-8(6-15-10)9(14)12-7-4-2-1-3-5-7/h6-7H,1-5H2,(H2,11,13)(H,12,14). The van der Waals surface area contributed by atoms with Crippen molar-refractivity contribution in [2.24, 2.45) is 0 Å². The minimum absolute atomic E-state index is 0.0313. The van der Waals surface area contributed by atoms with E-state index in [1.807, 2.05) is 0 Å². The van der Waals surface area contributed by atoms with Gasteiger partial charge in [-0.3, -0.25) is 4.79 Å². The van der Waals surface area contributed by atoms with E-state index in [-0.39, 0.29) is 23.7 Å². The predicted octanol–water partition coefficient (Wildman–Crippen LogP) is 1.32. The number of anilines is 1. The Kier molecular flexibility index (Phi) is 2.89. The number of carbonyl (C=O) groups is 1. The van der Waals surface area contributed by atoms with Gasteiger partial charge in [-0.15, -0.1) is 0 Å². The molecule has 1 saturated carbocycles. The van der Waals surface area contributed by atoms with Crippen LogP contribution in [0, 0.1) is 0 Å². The molecule has 1 fully saturated rings. The van der Waals surface area contributed by atoms with Crippen molar-refractivity contribution in [3.63, 3.8) is 0 Å². The summed E-state index contributed by atoms with van der Waals surface area (Å²) < 4.78 is 4.78. The zero-order chi connectivity index (χ0) is 10.7. The van der Waals surface area contributed by atoms with Crippen LogP contribution in [0.25, 0.3) is 0 Å². The lowest BCUT2D eigenvalue weighted by Crippen LogP contribution is -2.36. The van der Waals surface area contributed by atoms with Crippen LogP contribution < -0.4 is 11.1 Å². The Hall–Kier alpha value is -1.52. The largest absolute Gasteiger partial charge is 0.431 e. The molecule has 5 heteroatoms. The maximum absolute atomic E-state index is 11.6. The Morgan fingerprint density at radius 1 is 1.47 bits per heavy atom. The molecule has 0 bridgehead atoms. The molecule has 1 aromatic rings. The number of rotatable bonds is 2. The first-order valence-corrected chi connectivity index (χ1v) is 5.27. The number of amides is 1. The summed E-state index contributed by atoms with van der Waals surface area (Å²) in [7, 11) is 0. The average Bonchev–Trinajstić information content (AvgIpc) is 2.66. The Balaban J connectivity index is 1.91. The third-order valence-corrected chi connectivity index (χ3v) is 2.69. The molecule has 0 unspecified atom stereocenters. The molecule has 1 aliphatic carbocycles. The molecule has 1 aliphatic rings.